The van der Waals surface area contributed by atoms with E-state index in [1.165, 1.54) is 0 Å². The zero-order chi connectivity index (χ0) is 10.4. The molecule has 2 aliphatic rings. The summed E-state index contributed by atoms with van der Waals surface area (Å²) in [5, 5.41) is 10.9. The molecule has 0 spiro atoms. The molecule has 1 aromatic rings. The molecule has 0 heterocycles. The molecule has 1 aromatic carbocycles. The molecule has 3 rings (SSSR count). The Morgan fingerprint density at radius 3 is 2.60 bits per heavy atom. The fourth-order valence-electron chi connectivity index (χ4n) is 2.11. The van der Waals surface area contributed by atoms with E-state index in [0.717, 1.165) is 21.6 Å². The van der Waals surface area contributed by atoms with Gasteiger partial charge in [-0.1, -0.05) is 36.5 Å². The van der Waals surface area contributed by atoms with Gasteiger partial charge in [0.2, 0.25) is 0 Å². The van der Waals surface area contributed by atoms with Gasteiger partial charge in [-0.3, -0.25) is 0 Å². The molecular weight excluding hydrogens is 188 g/mol. The van der Waals surface area contributed by atoms with E-state index in [0.29, 0.717) is 5.56 Å². The van der Waals surface area contributed by atoms with Gasteiger partial charge >= 0.3 is 5.97 Å². The highest BCUT2D eigenvalue weighted by molar-refractivity contribution is 5.93. The van der Waals surface area contributed by atoms with Gasteiger partial charge < -0.3 is 5.11 Å². The van der Waals surface area contributed by atoms with E-state index >= 15 is 0 Å². The third-order valence-corrected chi connectivity index (χ3v) is 2.78. The van der Waals surface area contributed by atoms with Crippen molar-refractivity contribution in [3.63, 3.8) is 0 Å². The molecule has 15 heavy (non-hydrogen) atoms. The van der Waals surface area contributed by atoms with E-state index in [-0.39, 0.29) is 0 Å². The molecule has 2 aliphatic carbocycles. The van der Waals surface area contributed by atoms with Crippen LogP contribution in [0.15, 0.2) is 18.2 Å². The zero-order valence-electron chi connectivity index (χ0n) is 7.90. The Morgan fingerprint density at radius 2 is 1.80 bits per heavy atom. The lowest BCUT2D eigenvalue weighted by molar-refractivity contribution is 0.0695. The Hall–Kier alpha value is -2.09. The van der Waals surface area contributed by atoms with Gasteiger partial charge in [-0.2, -0.15) is 0 Å². The van der Waals surface area contributed by atoms with Crippen LogP contribution in [0.4, 0.5) is 0 Å². The quantitative estimate of drug-likeness (QED) is 0.727. The van der Waals surface area contributed by atoms with Gasteiger partial charge in [-0.15, -0.1) is 0 Å². The number of aromatic carboxylic acids is 1. The van der Waals surface area contributed by atoms with Crippen LogP contribution in [0.1, 0.15) is 21.5 Å². The van der Waals surface area contributed by atoms with Crippen LogP contribution >= 0.6 is 0 Å². The van der Waals surface area contributed by atoms with Crippen LogP contribution in [-0.4, -0.2) is 11.1 Å². The van der Waals surface area contributed by atoms with Gasteiger partial charge in [0, 0.05) is 0 Å². The van der Waals surface area contributed by atoms with Crippen molar-refractivity contribution in [2.45, 2.75) is 0 Å². The largest absolute Gasteiger partial charge is 0.478 e. The first kappa shape index (κ1) is 8.24. The average Bonchev–Trinajstić information content (AvgIpc) is 2.83. The Balaban J connectivity index is 2.50. The molecule has 2 heteroatoms. The number of carboxylic acids is 1. The van der Waals surface area contributed by atoms with Gasteiger partial charge in [0.1, 0.15) is 0 Å². The van der Waals surface area contributed by atoms with Crippen LogP contribution in [0.2, 0.25) is 0 Å². The van der Waals surface area contributed by atoms with Crippen LogP contribution < -0.4 is 10.4 Å². The Morgan fingerprint density at radius 1 is 1.07 bits per heavy atom. The fourth-order valence-corrected chi connectivity index (χ4v) is 2.11. The minimum Gasteiger partial charge on any atom is -0.478 e. The van der Waals surface area contributed by atoms with Gasteiger partial charge in [-0.25, -0.2) is 4.79 Å². The standard InChI is InChI=1S/C13H8O2/c14-13(15)12-7-8-3-1-4-9(8)10-5-2-6-11(10)12/h1-7H,(H,14,15). The Bertz CT molecular complexity index is 646. The van der Waals surface area contributed by atoms with Crippen molar-refractivity contribution in [3.8, 4) is 0 Å². The number of fused-ring (bicyclic) bond motifs is 3. The lowest BCUT2D eigenvalue weighted by Gasteiger charge is -2.03. The second-order valence-corrected chi connectivity index (χ2v) is 3.61. The highest BCUT2D eigenvalue weighted by Crippen LogP contribution is 2.13. The van der Waals surface area contributed by atoms with E-state index in [2.05, 4.69) is 0 Å². The summed E-state index contributed by atoms with van der Waals surface area (Å²) in [5.41, 5.74) is 2.53. The van der Waals surface area contributed by atoms with Crippen LogP contribution in [0.3, 0.4) is 0 Å². The van der Waals surface area contributed by atoms with Crippen LogP contribution in [-0.2, 0) is 0 Å². The third-order valence-electron chi connectivity index (χ3n) is 2.78. The zero-order valence-corrected chi connectivity index (χ0v) is 7.90. The summed E-state index contributed by atoms with van der Waals surface area (Å²) in [4.78, 5) is 11.1. The summed E-state index contributed by atoms with van der Waals surface area (Å²) in [6.07, 6.45) is 11.6. The Labute approximate surface area is 86.2 Å². The third kappa shape index (κ3) is 1.02. The van der Waals surface area contributed by atoms with Crippen molar-refractivity contribution in [1.82, 2.24) is 0 Å². The minimum absolute atomic E-state index is 0.383. The number of allylic oxidation sites excluding steroid dienone is 2. The molecule has 0 unspecified atom stereocenters. The first-order valence-corrected chi connectivity index (χ1v) is 4.74. The number of benzene rings is 1. The first-order chi connectivity index (χ1) is 7.27. The molecule has 0 radical (unpaired) electrons. The van der Waals surface area contributed by atoms with Gasteiger partial charge in [-0.05, 0) is 27.6 Å². The molecule has 0 saturated carbocycles. The molecule has 72 valence electrons. The summed E-state index contributed by atoms with van der Waals surface area (Å²) in [6.45, 7) is 0. The molecule has 0 fully saturated rings. The highest BCUT2D eigenvalue weighted by Gasteiger charge is 2.14. The predicted octanol–water partition coefficient (Wildman–Crippen LogP) is 0.999. The number of rotatable bonds is 1. The van der Waals surface area contributed by atoms with Gasteiger partial charge in [0.05, 0.1) is 5.56 Å². The second-order valence-electron chi connectivity index (χ2n) is 3.61. The van der Waals surface area contributed by atoms with Gasteiger partial charge in [0.25, 0.3) is 0 Å². The van der Waals surface area contributed by atoms with E-state index < -0.39 is 5.97 Å². The average molecular weight is 196 g/mol. The lowest BCUT2D eigenvalue weighted by Crippen LogP contribution is -2.23. The van der Waals surface area contributed by atoms with Crippen molar-refractivity contribution < 1.29 is 9.90 Å². The maximum Gasteiger partial charge on any atom is 0.336 e. The van der Waals surface area contributed by atoms with E-state index in [1.807, 2.05) is 36.5 Å². The minimum atomic E-state index is -0.866. The number of hydrogen-bond acceptors (Lipinski definition) is 1. The summed E-state index contributed by atoms with van der Waals surface area (Å²) in [7, 11) is 0. The number of carbonyl (C=O) groups is 1. The molecular formula is C13H8O2. The van der Waals surface area contributed by atoms with Crippen LogP contribution in [0.5, 0.6) is 0 Å². The number of carboxylic acid groups (broad SMARTS) is 1. The predicted molar refractivity (Wildman–Crippen MR) is 59.6 cm³/mol. The van der Waals surface area contributed by atoms with Crippen molar-refractivity contribution in [2.24, 2.45) is 0 Å². The van der Waals surface area contributed by atoms with E-state index in [1.54, 1.807) is 6.07 Å². The van der Waals surface area contributed by atoms with Crippen molar-refractivity contribution in [3.05, 3.63) is 45.3 Å². The SMILES string of the molecule is O=C(O)c1cc2c(c3c1=CC=C3)C=CC=2. The molecule has 0 amide bonds. The van der Waals surface area contributed by atoms with Crippen molar-refractivity contribution >= 4 is 30.3 Å². The topological polar surface area (TPSA) is 37.3 Å². The van der Waals surface area contributed by atoms with Crippen LogP contribution in [0.25, 0.3) is 24.3 Å². The fraction of sp³-hybridized carbons (Fsp3) is 0. The summed E-state index contributed by atoms with van der Waals surface area (Å²) >= 11 is 0. The number of hydrogen-bond donors (Lipinski definition) is 1. The van der Waals surface area contributed by atoms with Crippen molar-refractivity contribution in [2.75, 3.05) is 0 Å². The molecule has 1 N–H and O–H groups in total. The first-order valence-electron chi connectivity index (χ1n) is 4.74. The second kappa shape index (κ2) is 2.70. The monoisotopic (exact) mass is 196 g/mol. The molecule has 0 bridgehead atoms. The normalized spacial score (nSPS) is 14.4. The van der Waals surface area contributed by atoms with Gasteiger partial charge in [0.15, 0.2) is 0 Å². The van der Waals surface area contributed by atoms with Crippen LogP contribution in [0, 0.1) is 0 Å². The van der Waals surface area contributed by atoms with E-state index in [4.69, 9.17) is 5.11 Å². The Kier molecular flexibility index (Phi) is 1.48. The smallest absolute Gasteiger partial charge is 0.336 e. The molecule has 0 aromatic heterocycles. The maximum absolute atomic E-state index is 11.1. The molecule has 2 nitrogen and oxygen atoms in total. The summed E-state index contributed by atoms with van der Waals surface area (Å²) in [6, 6.07) is 1.74. The lowest BCUT2D eigenvalue weighted by atomic mass is 10.0. The van der Waals surface area contributed by atoms with E-state index in [9.17, 15) is 4.79 Å². The molecule has 0 saturated heterocycles. The highest BCUT2D eigenvalue weighted by atomic mass is 16.4. The maximum atomic E-state index is 11.1. The van der Waals surface area contributed by atoms with Crippen molar-refractivity contribution in [1.29, 1.82) is 0 Å². The molecule has 0 atom stereocenters. The summed E-state index contributed by atoms with van der Waals surface area (Å²) < 4.78 is 0. The summed E-state index contributed by atoms with van der Waals surface area (Å²) in [5.74, 6) is -0.866. The molecule has 0 aliphatic heterocycles.